The smallest absolute Gasteiger partial charge is 0.241 e. The maximum absolute atomic E-state index is 12.4. The van der Waals surface area contributed by atoms with Gasteiger partial charge in [-0.2, -0.15) is 0 Å². The number of hydrogen-bond acceptors (Lipinski definition) is 3. The molecule has 2 fully saturated rings. The first-order valence-electron chi connectivity index (χ1n) is 7.22. The molecule has 2 aliphatic rings. The normalized spacial score (nSPS) is 33.9. The summed E-state index contributed by atoms with van der Waals surface area (Å²) in [5, 5.41) is 3.43. The summed E-state index contributed by atoms with van der Waals surface area (Å²) in [5.74, 6) is 1.53. The molecule has 2 heterocycles. The van der Waals surface area contributed by atoms with Gasteiger partial charge in [-0.15, -0.1) is 0 Å². The van der Waals surface area contributed by atoms with E-state index in [2.05, 4.69) is 42.9 Å². The molecule has 2 rings (SSSR count). The second-order valence-corrected chi connectivity index (χ2v) is 6.43. The van der Waals surface area contributed by atoms with Gasteiger partial charge in [0.15, 0.2) is 0 Å². The van der Waals surface area contributed by atoms with Crippen LogP contribution in [0.25, 0.3) is 0 Å². The van der Waals surface area contributed by atoms with Crippen LogP contribution in [-0.2, 0) is 4.79 Å². The molecule has 0 saturated carbocycles. The van der Waals surface area contributed by atoms with E-state index in [1.54, 1.807) is 0 Å². The van der Waals surface area contributed by atoms with E-state index in [9.17, 15) is 4.79 Å². The van der Waals surface area contributed by atoms with Crippen molar-refractivity contribution < 1.29 is 4.79 Å². The van der Waals surface area contributed by atoms with Gasteiger partial charge in [-0.1, -0.05) is 13.8 Å². The van der Waals surface area contributed by atoms with E-state index in [-0.39, 0.29) is 12.2 Å². The fourth-order valence-corrected chi connectivity index (χ4v) is 3.19. The minimum atomic E-state index is 0.0409. The lowest BCUT2D eigenvalue weighted by molar-refractivity contribution is -0.130. The highest BCUT2D eigenvalue weighted by Gasteiger charge is 2.38. The van der Waals surface area contributed by atoms with Crippen LogP contribution in [0.1, 0.15) is 33.6 Å². The van der Waals surface area contributed by atoms with Gasteiger partial charge in [0, 0.05) is 13.1 Å². The molecule has 0 radical (unpaired) electrons. The molecular weight excluding hydrogens is 226 g/mol. The Bertz CT molecular complexity index is 305. The molecular formula is C14H27N3O. The van der Waals surface area contributed by atoms with Gasteiger partial charge in [-0.05, 0) is 45.2 Å². The monoisotopic (exact) mass is 253 g/mol. The van der Waals surface area contributed by atoms with Crippen molar-refractivity contribution in [3.63, 3.8) is 0 Å². The van der Waals surface area contributed by atoms with Crippen molar-refractivity contribution in [2.45, 2.75) is 45.8 Å². The molecule has 104 valence electrons. The molecule has 18 heavy (non-hydrogen) atoms. The Kier molecular flexibility index (Phi) is 4.28. The number of likely N-dealkylation sites (tertiary alicyclic amines) is 1. The number of nitrogens with zero attached hydrogens (tertiary/aromatic N) is 2. The zero-order valence-corrected chi connectivity index (χ0v) is 12.1. The maximum Gasteiger partial charge on any atom is 0.241 e. The van der Waals surface area contributed by atoms with Gasteiger partial charge >= 0.3 is 0 Å². The van der Waals surface area contributed by atoms with Crippen molar-refractivity contribution in [3.05, 3.63) is 0 Å². The van der Waals surface area contributed by atoms with Crippen LogP contribution in [0.3, 0.4) is 0 Å². The molecule has 2 aliphatic heterocycles. The molecule has 0 spiro atoms. The van der Waals surface area contributed by atoms with Crippen LogP contribution in [-0.4, -0.2) is 54.6 Å². The maximum atomic E-state index is 12.4. The fraction of sp³-hybridized carbons (Fsp3) is 0.929. The summed E-state index contributed by atoms with van der Waals surface area (Å²) in [5.41, 5.74) is 0. The summed E-state index contributed by atoms with van der Waals surface area (Å²) in [6.45, 7) is 9.68. The first-order chi connectivity index (χ1) is 8.47. The third kappa shape index (κ3) is 3.04. The van der Waals surface area contributed by atoms with E-state index in [1.165, 1.54) is 13.0 Å². The number of amides is 1. The number of hydrogen-bond donors (Lipinski definition) is 1. The summed E-state index contributed by atoms with van der Waals surface area (Å²) >= 11 is 0. The molecule has 0 aromatic carbocycles. The average Bonchev–Trinajstić information content (AvgIpc) is 2.78. The van der Waals surface area contributed by atoms with Gasteiger partial charge in [0.1, 0.15) is 0 Å². The van der Waals surface area contributed by atoms with Crippen molar-refractivity contribution >= 4 is 5.91 Å². The second kappa shape index (κ2) is 5.57. The highest BCUT2D eigenvalue weighted by atomic mass is 16.2. The largest absolute Gasteiger partial charge is 0.326 e. The average molecular weight is 253 g/mol. The van der Waals surface area contributed by atoms with Crippen LogP contribution in [0.5, 0.6) is 0 Å². The Morgan fingerprint density at radius 1 is 1.44 bits per heavy atom. The first kappa shape index (κ1) is 13.8. The van der Waals surface area contributed by atoms with Crippen LogP contribution in [0.15, 0.2) is 0 Å². The van der Waals surface area contributed by atoms with Crippen LogP contribution in [0, 0.1) is 11.8 Å². The Morgan fingerprint density at radius 3 is 2.72 bits per heavy atom. The van der Waals surface area contributed by atoms with Crippen molar-refractivity contribution in [2.24, 2.45) is 11.8 Å². The molecule has 0 aromatic heterocycles. The minimum Gasteiger partial charge on any atom is -0.326 e. The highest BCUT2D eigenvalue weighted by Crippen LogP contribution is 2.22. The summed E-state index contributed by atoms with van der Waals surface area (Å²) < 4.78 is 0. The van der Waals surface area contributed by atoms with Crippen molar-refractivity contribution in [1.82, 2.24) is 15.1 Å². The van der Waals surface area contributed by atoms with E-state index in [0.717, 1.165) is 19.5 Å². The topological polar surface area (TPSA) is 35.6 Å². The third-order valence-corrected chi connectivity index (χ3v) is 4.14. The molecule has 0 aliphatic carbocycles. The molecule has 0 bridgehead atoms. The summed E-state index contributed by atoms with van der Waals surface area (Å²) in [7, 11) is 2.16. The molecule has 2 saturated heterocycles. The van der Waals surface area contributed by atoms with E-state index < -0.39 is 0 Å². The predicted octanol–water partition coefficient (Wildman–Crippen LogP) is 1.13. The lowest BCUT2D eigenvalue weighted by Gasteiger charge is -2.24. The van der Waals surface area contributed by atoms with E-state index in [1.807, 2.05) is 0 Å². The minimum absolute atomic E-state index is 0.0409. The van der Waals surface area contributed by atoms with Crippen molar-refractivity contribution in [2.75, 3.05) is 26.7 Å². The molecule has 3 atom stereocenters. The van der Waals surface area contributed by atoms with Gasteiger partial charge < -0.3 is 9.80 Å². The van der Waals surface area contributed by atoms with Gasteiger partial charge in [-0.3, -0.25) is 10.1 Å². The Hall–Kier alpha value is -0.610. The van der Waals surface area contributed by atoms with Gasteiger partial charge in [0.05, 0.1) is 12.2 Å². The molecule has 3 unspecified atom stereocenters. The standard InChI is InChI=1S/C14H27N3O/c1-10(2)7-13-14(18)17(11(3)15-13)9-12-5-6-16(4)8-12/h10-13,15H,5-9H2,1-4H3. The summed E-state index contributed by atoms with van der Waals surface area (Å²) in [6.07, 6.45) is 2.37. The molecule has 4 nitrogen and oxygen atoms in total. The highest BCUT2D eigenvalue weighted by molar-refractivity contribution is 5.84. The van der Waals surface area contributed by atoms with Crippen molar-refractivity contribution in [3.8, 4) is 0 Å². The summed E-state index contributed by atoms with van der Waals surface area (Å²) in [4.78, 5) is 16.8. The quantitative estimate of drug-likeness (QED) is 0.816. The molecule has 1 amide bonds. The van der Waals surface area contributed by atoms with E-state index in [4.69, 9.17) is 0 Å². The zero-order chi connectivity index (χ0) is 13.3. The fourth-order valence-electron chi connectivity index (χ4n) is 3.19. The van der Waals surface area contributed by atoms with Gasteiger partial charge in [0.2, 0.25) is 5.91 Å². The van der Waals surface area contributed by atoms with Gasteiger partial charge in [0.25, 0.3) is 0 Å². The SMILES string of the molecule is CC(C)CC1NC(C)N(CC2CCN(C)C2)C1=O. The molecule has 1 N–H and O–H groups in total. The number of carbonyl (C=O) groups excluding carboxylic acids is 1. The van der Waals surface area contributed by atoms with Crippen LogP contribution >= 0.6 is 0 Å². The number of carbonyl (C=O) groups is 1. The zero-order valence-electron chi connectivity index (χ0n) is 12.1. The molecule has 0 aromatic rings. The Balaban J connectivity index is 1.90. The number of rotatable bonds is 4. The van der Waals surface area contributed by atoms with Crippen LogP contribution in [0.4, 0.5) is 0 Å². The van der Waals surface area contributed by atoms with Crippen LogP contribution < -0.4 is 5.32 Å². The lowest BCUT2D eigenvalue weighted by Crippen LogP contribution is -2.39. The van der Waals surface area contributed by atoms with E-state index >= 15 is 0 Å². The second-order valence-electron chi connectivity index (χ2n) is 6.43. The van der Waals surface area contributed by atoms with E-state index in [0.29, 0.717) is 17.7 Å². The predicted molar refractivity (Wildman–Crippen MR) is 73.2 cm³/mol. The molecule has 4 heteroatoms. The summed E-state index contributed by atoms with van der Waals surface area (Å²) in [6, 6.07) is 0.0409. The van der Waals surface area contributed by atoms with Crippen molar-refractivity contribution in [1.29, 1.82) is 0 Å². The van der Waals surface area contributed by atoms with Gasteiger partial charge in [-0.25, -0.2) is 0 Å². The number of nitrogens with one attached hydrogen (secondary N) is 1. The first-order valence-corrected chi connectivity index (χ1v) is 7.22. The Morgan fingerprint density at radius 2 is 2.17 bits per heavy atom. The lowest BCUT2D eigenvalue weighted by atomic mass is 10.0. The third-order valence-electron chi connectivity index (χ3n) is 4.14. The Labute approximate surface area is 111 Å². The van der Waals surface area contributed by atoms with Crippen LogP contribution in [0.2, 0.25) is 0 Å².